The van der Waals surface area contributed by atoms with Crippen molar-refractivity contribution in [3.8, 4) is 6.07 Å². The van der Waals surface area contributed by atoms with E-state index in [0.717, 1.165) is 13.0 Å². The zero-order chi connectivity index (χ0) is 15.5. The molecule has 1 aliphatic rings. The molecule has 0 spiro atoms. The van der Waals surface area contributed by atoms with Gasteiger partial charge < -0.3 is 5.32 Å². The van der Waals surface area contributed by atoms with Gasteiger partial charge >= 0.3 is 0 Å². The van der Waals surface area contributed by atoms with Crippen LogP contribution in [0, 0.1) is 11.3 Å². The number of nitrogens with one attached hydrogen (secondary N) is 1. The van der Waals surface area contributed by atoms with Gasteiger partial charge in [0.25, 0.3) is 0 Å². The molecule has 2 aromatic rings. The highest BCUT2D eigenvalue weighted by Crippen LogP contribution is 2.32. The molecule has 0 saturated carbocycles. The molecule has 1 N–H and O–H groups in total. The molecule has 0 fully saturated rings. The van der Waals surface area contributed by atoms with E-state index >= 15 is 0 Å². The number of rotatable bonds is 3. The maximum Gasteiger partial charge on any atom is 0.238 e. The van der Waals surface area contributed by atoms with Crippen molar-refractivity contribution in [1.82, 2.24) is 4.90 Å². The molecule has 5 heteroatoms. The fourth-order valence-electron chi connectivity index (χ4n) is 2.83. The van der Waals surface area contributed by atoms with Gasteiger partial charge in [0.15, 0.2) is 0 Å². The van der Waals surface area contributed by atoms with Gasteiger partial charge in [0, 0.05) is 23.2 Å². The number of thiophene rings is 1. The molecule has 0 radical (unpaired) electrons. The van der Waals surface area contributed by atoms with Crippen molar-refractivity contribution in [2.75, 3.05) is 18.4 Å². The van der Waals surface area contributed by atoms with Gasteiger partial charge in [-0.1, -0.05) is 6.07 Å². The molecule has 112 valence electrons. The molecule has 2 heterocycles. The maximum atomic E-state index is 12.2. The van der Waals surface area contributed by atoms with Crippen molar-refractivity contribution in [1.29, 1.82) is 5.26 Å². The molecule has 0 saturated heterocycles. The number of fused-ring (bicyclic) bond motifs is 1. The minimum Gasteiger partial charge on any atom is -0.325 e. The Balaban J connectivity index is 1.64. The Morgan fingerprint density at radius 1 is 1.50 bits per heavy atom. The summed E-state index contributed by atoms with van der Waals surface area (Å²) in [7, 11) is 0. The maximum absolute atomic E-state index is 12.2. The first-order valence-corrected chi connectivity index (χ1v) is 8.15. The number of carbonyl (C=O) groups excluding carboxylic acids is 1. The summed E-state index contributed by atoms with van der Waals surface area (Å²) in [5.74, 6) is -0.0411. The van der Waals surface area contributed by atoms with E-state index in [0.29, 0.717) is 17.8 Å². The average molecular weight is 311 g/mol. The monoisotopic (exact) mass is 311 g/mol. The Hall–Kier alpha value is -2.16. The van der Waals surface area contributed by atoms with E-state index < -0.39 is 0 Å². The second kappa shape index (κ2) is 6.30. The lowest BCUT2D eigenvalue weighted by Gasteiger charge is -2.32. The van der Waals surface area contributed by atoms with Crippen LogP contribution in [0.5, 0.6) is 0 Å². The van der Waals surface area contributed by atoms with Crippen LogP contribution in [0.4, 0.5) is 5.69 Å². The van der Waals surface area contributed by atoms with Crippen LogP contribution >= 0.6 is 11.3 Å². The third-order valence-corrected chi connectivity index (χ3v) is 5.02. The Morgan fingerprint density at radius 2 is 2.36 bits per heavy atom. The predicted octanol–water partition coefficient (Wildman–Crippen LogP) is 3.18. The van der Waals surface area contributed by atoms with E-state index in [-0.39, 0.29) is 11.9 Å². The van der Waals surface area contributed by atoms with E-state index in [1.807, 2.05) is 0 Å². The van der Waals surface area contributed by atoms with Crippen LogP contribution in [-0.2, 0) is 11.2 Å². The number of benzene rings is 1. The summed E-state index contributed by atoms with van der Waals surface area (Å²) in [4.78, 5) is 15.9. The lowest BCUT2D eigenvalue weighted by molar-refractivity contribution is -0.117. The predicted molar refractivity (Wildman–Crippen MR) is 87.8 cm³/mol. The molecule has 1 amide bonds. The number of amides is 1. The van der Waals surface area contributed by atoms with E-state index in [4.69, 9.17) is 5.26 Å². The molecular formula is C17H17N3OS. The molecule has 1 aliphatic heterocycles. The molecule has 3 rings (SSSR count). The van der Waals surface area contributed by atoms with E-state index in [1.54, 1.807) is 35.6 Å². The van der Waals surface area contributed by atoms with Gasteiger partial charge in [-0.15, -0.1) is 11.3 Å². The molecule has 1 aromatic carbocycles. The Labute approximate surface area is 134 Å². The fraction of sp³-hybridized carbons (Fsp3) is 0.294. The topological polar surface area (TPSA) is 56.1 Å². The summed E-state index contributed by atoms with van der Waals surface area (Å²) in [6.45, 7) is 3.42. The SMILES string of the molecule is C[C@H]1c2ccsc2CCN1CC(=O)Nc1cccc(C#N)c1. The molecule has 0 bridgehead atoms. The van der Waals surface area contributed by atoms with Gasteiger partial charge in [-0.3, -0.25) is 9.69 Å². The molecule has 22 heavy (non-hydrogen) atoms. The minimum atomic E-state index is -0.0411. The highest BCUT2D eigenvalue weighted by molar-refractivity contribution is 7.10. The fourth-order valence-corrected chi connectivity index (χ4v) is 3.79. The second-order valence-corrected chi connectivity index (χ2v) is 6.44. The normalized spacial score (nSPS) is 17.5. The minimum absolute atomic E-state index is 0.0411. The van der Waals surface area contributed by atoms with Gasteiger partial charge in [0.05, 0.1) is 18.2 Å². The van der Waals surface area contributed by atoms with Crippen LogP contribution in [-0.4, -0.2) is 23.9 Å². The van der Waals surface area contributed by atoms with E-state index in [9.17, 15) is 4.79 Å². The van der Waals surface area contributed by atoms with E-state index in [2.05, 4.69) is 34.7 Å². The van der Waals surface area contributed by atoms with Crippen molar-refractivity contribution in [2.45, 2.75) is 19.4 Å². The smallest absolute Gasteiger partial charge is 0.238 e. The van der Waals surface area contributed by atoms with Crippen molar-refractivity contribution in [3.05, 3.63) is 51.7 Å². The van der Waals surface area contributed by atoms with Crippen LogP contribution in [0.2, 0.25) is 0 Å². The number of anilines is 1. The first-order valence-electron chi connectivity index (χ1n) is 7.27. The van der Waals surface area contributed by atoms with Crippen LogP contribution in [0.25, 0.3) is 0 Å². The van der Waals surface area contributed by atoms with Crippen molar-refractivity contribution >= 4 is 22.9 Å². The largest absolute Gasteiger partial charge is 0.325 e. The zero-order valence-electron chi connectivity index (χ0n) is 12.4. The van der Waals surface area contributed by atoms with Gasteiger partial charge in [-0.2, -0.15) is 5.26 Å². The highest BCUT2D eigenvalue weighted by atomic mass is 32.1. The standard InChI is InChI=1S/C17H17N3OS/c1-12-15-6-8-22-16(15)5-7-20(12)11-17(21)19-14-4-2-3-13(9-14)10-18/h2-4,6,8-9,12H,5,7,11H2,1H3,(H,19,21)/t12-/m0/s1. The first-order chi connectivity index (χ1) is 10.7. The summed E-state index contributed by atoms with van der Waals surface area (Å²) in [6, 6.07) is 11.5. The Bertz CT molecular complexity index is 732. The van der Waals surface area contributed by atoms with Crippen LogP contribution in [0.15, 0.2) is 35.7 Å². The quantitative estimate of drug-likeness (QED) is 0.947. The summed E-state index contributed by atoms with van der Waals surface area (Å²) < 4.78 is 0. The Morgan fingerprint density at radius 3 is 3.18 bits per heavy atom. The van der Waals surface area contributed by atoms with Gasteiger partial charge in [-0.25, -0.2) is 0 Å². The summed E-state index contributed by atoms with van der Waals surface area (Å²) in [5.41, 5.74) is 2.56. The lowest BCUT2D eigenvalue weighted by Crippen LogP contribution is -2.39. The molecule has 0 aliphatic carbocycles. The average Bonchev–Trinajstić information content (AvgIpc) is 2.99. The van der Waals surface area contributed by atoms with Gasteiger partial charge in [0.1, 0.15) is 0 Å². The second-order valence-electron chi connectivity index (χ2n) is 5.44. The van der Waals surface area contributed by atoms with Crippen molar-refractivity contribution in [2.24, 2.45) is 0 Å². The van der Waals surface area contributed by atoms with Crippen LogP contribution < -0.4 is 5.32 Å². The number of nitrogens with zero attached hydrogens (tertiary/aromatic N) is 2. The number of hydrogen-bond donors (Lipinski definition) is 1. The zero-order valence-corrected chi connectivity index (χ0v) is 13.2. The summed E-state index contributed by atoms with van der Waals surface area (Å²) >= 11 is 1.80. The van der Waals surface area contributed by atoms with Gasteiger partial charge in [-0.05, 0) is 48.6 Å². The van der Waals surface area contributed by atoms with Gasteiger partial charge in [0.2, 0.25) is 5.91 Å². The molecule has 4 nitrogen and oxygen atoms in total. The number of nitriles is 1. The molecule has 1 atom stereocenters. The molecule has 0 unspecified atom stereocenters. The third kappa shape index (κ3) is 3.03. The Kier molecular flexibility index (Phi) is 4.23. The van der Waals surface area contributed by atoms with Crippen LogP contribution in [0.1, 0.15) is 29.0 Å². The van der Waals surface area contributed by atoms with Crippen molar-refractivity contribution in [3.63, 3.8) is 0 Å². The number of carbonyl (C=O) groups is 1. The molecule has 1 aromatic heterocycles. The highest BCUT2D eigenvalue weighted by Gasteiger charge is 2.26. The number of hydrogen-bond acceptors (Lipinski definition) is 4. The van der Waals surface area contributed by atoms with Crippen LogP contribution in [0.3, 0.4) is 0 Å². The van der Waals surface area contributed by atoms with E-state index in [1.165, 1.54) is 10.4 Å². The van der Waals surface area contributed by atoms with Crippen molar-refractivity contribution < 1.29 is 4.79 Å². The summed E-state index contributed by atoms with van der Waals surface area (Å²) in [5, 5.41) is 13.9. The first kappa shape index (κ1) is 14.8. The lowest BCUT2D eigenvalue weighted by atomic mass is 10.0. The molecular weight excluding hydrogens is 294 g/mol. The third-order valence-electron chi connectivity index (χ3n) is 4.03. The summed E-state index contributed by atoms with van der Waals surface area (Å²) in [6.07, 6.45) is 1.01.